The molecule has 492 valence electrons. The Kier molecular flexibility index (Phi) is 28.4. The maximum Gasteiger partial charge on any atom is 0.245 e. The summed E-state index contributed by atoms with van der Waals surface area (Å²) in [5.74, 6) is -8.00. The van der Waals surface area contributed by atoms with E-state index in [1.807, 2.05) is 0 Å². The summed E-state index contributed by atoms with van der Waals surface area (Å²) in [5.41, 5.74) is 30.0. The maximum atomic E-state index is 14.6. The Hall–Kier alpha value is -6.89. The number of hydrogen-bond donors (Lipinski definition) is 18. The van der Waals surface area contributed by atoms with Gasteiger partial charge in [0.1, 0.15) is 60.4 Å². The Labute approximate surface area is 514 Å². The molecule has 12 atom stereocenters. The van der Waals surface area contributed by atoms with E-state index < -0.39 is 145 Å². The van der Waals surface area contributed by atoms with Crippen molar-refractivity contribution in [2.45, 2.75) is 197 Å². The fourth-order valence-corrected chi connectivity index (χ4v) is 13.0. The number of nitrogens with one attached hydrogen (secondary N) is 11. The van der Waals surface area contributed by atoms with Gasteiger partial charge in [0.2, 0.25) is 65.0 Å². The molecule has 23 N–H and O–H groups in total. The van der Waals surface area contributed by atoms with Crippen molar-refractivity contribution < 1.29 is 63.0 Å². The van der Waals surface area contributed by atoms with Crippen LogP contribution in [-0.2, 0) is 59.2 Å². The predicted molar refractivity (Wildman–Crippen MR) is 323 cm³/mol. The van der Waals surface area contributed by atoms with Crippen molar-refractivity contribution in [3.8, 4) is 0 Å². The highest BCUT2D eigenvalue weighted by molar-refractivity contribution is 5.99. The molecular weight excluding hydrogens is 1140 g/mol. The summed E-state index contributed by atoms with van der Waals surface area (Å²) in [5, 5.41) is 50.2. The molecule has 1 aromatic rings. The van der Waals surface area contributed by atoms with Crippen LogP contribution in [0.5, 0.6) is 0 Å². The second-order valence-corrected chi connectivity index (χ2v) is 24.9. The number of nitrogens with two attached hydrogens (primary N) is 5. The molecule has 1 saturated heterocycles. The van der Waals surface area contributed by atoms with Crippen LogP contribution in [0.3, 0.4) is 0 Å². The lowest BCUT2D eigenvalue weighted by Gasteiger charge is -2.56. The Morgan fingerprint density at radius 1 is 0.557 bits per heavy atom. The SMILES string of the molecule is CC(C)C[C@@H]1NC(=O)[C@@H](Cc2ccccc2)NC(=O)[C@H](CCN)NC(=O)[C@@H](NC(=O)[C@H](CCN)NC(=O)[C@@H](NC(=O)[C@H](CCN)NC(=O)CC23CC4CC(CC(C4)C2)C3)[C@@H](C)O)CCNC(=O)[C@H]([C@@H](C)O)NC(=O)[C@H](CCN)NC(=O)[C@H](CCN)NC1=O. The van der Waals surface area contributed by atoms with E-state index in [1.54, 1.807) is 44.2 Å². The van der Waals surface area contributed by atoms with Crippen molar-refractivity contribution in [2.24, 2.45) is 57.8 Å². The fourth-order valence-electron chi connectivity index (χ4n) is 13.0. The molecule has 1 aliphatic heterocycles. The smallest absolute Gasteiger partial charge is 0.245 e. The second-order valence-electron chi connectivity index (χ2n) is 24.9. The highest BCUT2D eigenvalue weighted by Crippen LogP contribution is 2.61. The third-order valence-electron chi connectivity index (χ3n) is 16.9. The Morgan fingerprint density at radius 2 is 1.02 bits per heavy atom. The van der Waals surface area contributed by atoms with Crippen LogP contribution < -0.4 is 87.2 Å². The van der Waals surface area contributed by atoms with Crippen molar-refractivity contribution in [1.29, 1.82) is 0 Å². The molecule has 29 nitrogen and oxygen atoms in total. The highest BCUT2D eigenvalue weighted by Gasteiger charge is 2.52. The van der Waals surface area contributed by atoms with Gasteiger partial charge < -0.3 is 97.4 Å². The fraction of sp³-hybridized carbons (Fsp3) is 0.712. The third kappa shape index (κ3) is 21.4. The van der Waals surface area contributed by atoms with E-state index >= 15 is 0 Å². The van der Waals surface area contributed by atoms with Crippen LogP contribution in [0, 0.1) is 29.1 Å². The lowest BCUT2D eigenvalue weighted by atomic mass is 9.49. The number of amides is 11. The Balaban J connectivity index is 1.43. The Bertz CT molecular complexity index is 2520. The van der Waals surface area contributed by atoms with Crippen LogP contribution >= 0.6 is 0 Å². The maximum absolute atomic E-state index is 14.6. The topological polar surface area (TPSA) is 491 Å². The second kappa shape index (κ2) is 34.8. The Morgan fingerprint density at radius 3 is 1.51 bits per heavy atom. The zero-order chi connectivity index (χ0) is 64.8. The van der Waals surface area contributed by atoms with Gasteiger partial charge in [-0.25, -0.2) is 0 Å². The summed E-state index contributed by atoms with van der Waals surface area (Å²) >= 11 is 0. The van der Waals surface area contributed by atoms with Gasteiger partial charge in [0.15, 0.2) is 0 Å². The molecule has 29 heteroatoms. The molecule has 1 heterocycles. The van der Waals surface area contributed by atoms with E-state index in [2.05, 4.69) is 58.5 Å². The lowest BCUT2D eigenvalue weighted by molar-refractivity contribution is -0.137. The zero-order valence-electron chi connectivity index (χ0n) is 51.2. The molecule has 0 unspecified atom stereocenters. The van der Waals surface area contributed by atoms with E-state index in [1.165, 1.54) is 33.1 Å². The molecule has 4 saturated carbocycles. The average Bonchev–Trinajstić information content (AvgIpc) is 1.06. The van der Waals surface area contributed by atoms with Gasteiger partial charge in [-0.3, -0.25) is 52.7 Å². The van der Waals surface area contributed by atoms with Crippen LogP contribution in [0.2, 0.25) is 0 Å². The number of hydrogen-bond acceptors (Lipinski definition) is 18. The highest BCUT2D eigenvalue weighted by atomic mass is 16.3. The summed E-state index contributed by atoms with van der Waals surface area (Å²) in [6, 6.07) is -6.17. The molecule has 88 heavy (non-hydrogen) atoms. The van der Waals surface area contributed by atoms with Crippen LogP contribution in [0.1, 0.15) is 123 Å². The number of carbonyl (C=O) groups is 11. The van der Waals surface area contributed by atoms with Crippen molar-refractivity contribution in [3.63, 3.8) is 0 Å². The summed E-state index contributed by atoms with van der Waals surface area (Å²) < 4.78 is 0. The molecule has 5 aliphatic rings. The normalized spacial score (nSPS) is 28.4. The molecule has 5 fully saturated rings. The van der Waals surface area contributed by atoms with Crippen molar-refractivity contribution in [2.75, 3.05) is 39.3 Å². The molecule has 4 aliphatic carbocycles. The first kappa shape index (κ1) is 71.9. The van der Waals surface area contributed by atoms with Gasteiger partial charge in [0.25, 0.3) is 0 Å². The first-order valence-corrected chi connectivity index (χ1v) is 31.0. The van der Waals surface area contributed by atoms with Gasteiger partial charge in [-0.05, 0) is 165 Å². The molecule has 0 aromatic heterocycles. The monoisotopic (exact) mass is 1240 g/mol. The van der Waals surface area contributed by atoms with E-state index in [4.69, 9.17) is 28.7 Å². The molecule has 4 bridgehead atoms. The van der Waals surface area contributed by atoms with Gasteiger partial charge in [0, 0.05) is 19.4 Å². The molecule has 6 rings (SSSR count). The third-order valence-corrected chi connectivity index (χ3v) is 16.9. The lowest BCUT2D eigenvalue weighted by Crippen LogP contribution is -2.62. The van der Waals surface area contributed by atoms with Crippen LogP contribution in [-0.4, -0.2) is 187 Å². The first-order valence-electron chi connectivity index (χ1n) is 31.0. The molecule has 0 radical (unpaired) electrons. The van der Waals surface area contributed by atoms with Crippen LogP contribution in [0.15, 0.2) is 30.3 Å². The van der Waals surface area contributed by atoms with Crippen molar-refractivity contribution in [1.82, 2.24) is 58.5 Å². The number of aliphatic hydroxyl groups is 2. The number of aliphatic hydroxyl groups excluding tert-OH is 2. The molecule has 1 aromatic carbocycles. The van der Waals surface area contributed by atoms with Gasteiger partial charge in [0.05, 0.1) is 12.2 Å². The first-order chi connectivity index (χ1) is 41.8. The minimum Gasteiger partial charge on any atom is -0.391 e. The van der Waals surface area contributed by atoms with Crippen LogP contribution in [0.25, 0.3) is 0 Å². The van der Waals surface area contributed by atoms with Gasteiger partial charge in [-0.1, -0.05) is 44.2 Å². The van der Waals surface area contributed by atoms with E-state index in [0.717, 1.165) is 19.3 Å². The van der Waals surface area contributed by atoms with Gasteiger partial charge in [-0.2, -0.15) is 0 Å². The minimum atomic E-state index is -1.69. The number of carbonyl (C=O) groups excluding carboxylic acids is 11. The number of benzene rings is 1. The average molecular weight is 1240 g/mol. The van der Waals surface area contributed by atoms with Crippen molar-refractivity contribution >= 4 is 65.0 Å². The standard InChI is InChI=1S/C59H98N16O13/c1-31(2)22-44-55(85)69-39(11-17-61)49(79)68-42(14-20-64)54(84)74-47(32(3)76)57(87)65-21-15-43(52(82)67-40(12-18-62)51(81)73-45(56(86)72-44)26-34-8-6-5-7-9-34)70-50(80)41(13-19-63)71-58(88)48(33(4)77)75-53(83)38(10-16-60)66-46(78)30-59-27-35-23-36(28-59)25-37(24-35)29-59/h5-9,31-33,35-45,47-48,76-77H,10-30,60-64H2,1-4H3,(H,65,87)(H,66,78)(H,67,82)(H,68,79)(H,69,85)(H,70,80)(H,71,88)(H,72,86)(H,73,81)(H,74,84)(H,75,83)/t32-,33-,35?,36?,37?,38+,39+,40+,41+,42+,43+,44+,45-,47+,48+,59?/m1/s1. The van der Waals surface area contributed by atoms with Crippen LogP contribution in [0.4, 0.5) is 0 Å². The van der Waals surface area contributed by atoms with E-state index in [9.17, 15) is 63.0 Å². The molecule has 0 spiro atoms. The molecule has 11 amide bonds. The van der Waals surface area contributed by atoms with Gasteiger partial charge in [-0.15, -0.1) is 0 Å². The quantitative estimate of drug-likeness (QED) is 0.0435. The zero-order valence-corrected chi connectivity index (χ0v) is 51.2. The summed E-state index contributed by atoms with van der Waals surface area (Å²) in [6.45, 7) is 4.88. The molecular formula is C59H98N16O13. The van der Waals surface area contributed by atoms with E-state index in [-0.39, 0.29) is 101 Å². The minimum absolute atomic E-state index is 0.00455. The predicted octanol–water partition coefficient (Wildman–Crippen LogP) is -5.24. The summed E-state index contributed by atoms with van der Waals surface area (Å²) in [7, 11) is 0. The largest absolute Gasteiger partial charge is 0.391 e. The summed E-state index contributed by atoms with van der Waals surface area (Å²) in [4.78, 5) is 155. The van der Waals surface area contributed by atoms with Gasteiger partial charge >= 0.3 is 0 Å². The number of rotatable bonds is 25. The van der Waals surface area contributed by atoms with E-state index in [0.29, 0.717) is 23.3 Å². The summed E-state index contributed by atoms with van der Waals surface area (Å²) in [6.07, 6.45) is 2.22. The van der Waals surface area contributed by atoms with Crippen molar-refractivity contribution in [3.05, 3.63) is 35.9 Å².